The fourth-order valence-corrected chi connectivity index (χ4v) is 1.43. The lowest BCUT2D eigenvalue weighted by Crippen LogP contribution is -2.32. The largest absolute Gasteiger partial charge is 0.395 e. The summed E-state index contributed by atoms with van der Waals surface area (Å²) in [6, 6.07) is 0. The standard InChI is InChI=1S/C6H16NO5P/c8-4-1-7(2-5-9)3-6-13(10,11)12/h8-9H,1-6H2,(H2,10,11,12). The summed E-state index contributed by atoms with van der Waals surface area (Å²) in [7, 11) is -3.97. The van der Waals surface area contributed by atoms with Crippen LogP contribution in [-0.2, 0) is 4.57 Å². The Kier molecular flexibility index (Phi) is 6.49. The van der Waals surface area contributed by atoms with Crippen molar-refractivity contribution in [2.24, 2.45) is 0 Å². The molecule has 0 heterocycles. The average molecular weight is 213 g/mol. The van der Waals surface area contributed by atoms with Crippen LogP contribution in [0.1, 0.15) is 0 Å². The minimum absolute atomic E-state index is 0.0822. The molecular weight excluding hydrogens is 197 g/mol. The molecule has 0 aromatic rings. The Bertz CT molecular complexity index is 164. The Morgan fingerprint density at radius 1 is 1.00 bits per heavy atom. The molecule has 0 saturated heterocycles. The van der Waals surface area contributed by atoms with Crippen LogP contribution in [0.2, 0.25) is 0 Å². The predicted octanol–water partition coefficient (Wildman–Crippen LogP) is -1.55. The van der Waals surface area contributed by atoms with Gasteiger partial charge in [-0.1, -0.05) is 0 Å². The van der Waals surface area contributed by atoms with Crippen molar-refractivity contribution in [2.75, 3.05) is 39.0 Å². The van der Waals surface area contributed by atoms with Gasteiger partial charge in [0.1, 0.15) is 0 Å². The number of aliphatic hydroxyl groups is 2. The minimum atomic E-state index is -3.97. The van der Waals surface area contributed by atoms with E-state index in [-0.39, 0.29) is 25.9 Å². The van der Waals surface area contributed by atoms with Gasteiger partial charge >= 0.3 is 7.60 Å². The zero-order valence-corrected chi connectivity index (χ0v) is 8.23. The van der Waals surface area contributed by atoms with Gasteiger partial charge in [0.25, 0.3) is 0 Å². The van der Waals surface area contributed by atoms with Crippen molar-refractivity contribution in [1.82, 2.24) is 4.90 Å². The Morgan fingerprint density at radius 2 is 1.46 bits per heavy atom. The molecule has 0 amide bonds. The van der Waals surface area contributed by atoms with Crippen LogP contribution >= 0.6 is 7.60 Å². The van der Waals surface area contributed by atoms with E-state index in [0.717, 1.165) is 0 Å². The third-order valence-electron chi connectivity index (χ3n) is 1.54. The van der Waals surface area contributed by atoms with Gasteiger partial charge in [-0.05, 0) is 0 Å². The van der Waals surface area contributed by atoms with Crippen molar-refractivity contribution in [3.05, 3.63) is 0 Å². The lowest BCUT2D eigenvalue weighted by molar-refractivity contribution is 0.165. The molecule has 0 fully saturated rings. The highest BCUT2D eigenvalue weighted by atomic mass is 31.2. The highest BCUT2D eigenvalue weighted by Gasteiger charge is 2.14. The van der Waals surface area contributed by atoms with E-state index in [1.165, 1.54) is 0 Å². The molecule has 0 unspecified atom stereocenters. The Hall–Kier alpha value is 0.0300. The maximum atomic E-state index is 10.5. The second kappa shape index (κ2) is 6.48. The van der Waals surface area contributed by atoms with Gasteiger partial charge in [-0.2, -0.15) is 0 Å². The van der Waals surface area contributed by atoms with E-state index in [1.807, 2.05) is 0 Å². The zero-order chi connectivity index (χ0) is 10.3. The van der Waals surface area contributed by atoms with Crippen molar-refractivity contribution in [3.63, 3.8) is 0 Å². The van der Waals surface area contributed by atoms with Crippen molar-refractivity contribution in [3.8, 4) is 0 Å². The average Bonchev–Trinajstić information content (AvgIpc) is 2.00. The molecule has 0 aromatic heterocycles. The highest BCUT2D eigenvalue weighted by molar-refractivity contribution is 7.51. The summed E-state index contributed by atoms with van der Waals surface area (Å²) in [5, 5.41) is 17.2. The van der Waals surface area contributed by atoms with Gasteiger partial charge in [0, 0.05) is 19.6 Å². The monoisotopic (exact) mass is 213 g/mol. The first-order valence-corrected chi connectivity index (χ1v) is 5.78. The van der Waals surface area contributed by atoms with Crippen molar-refractivity contribution in [2.45, 2.75) is 0 Å². The van der Waals surface area contributed by atoms with Gasteiger partial charge in [0.05, 0.1) is 19.4 Å². The number of nitrogens with zero attached hydrogens (tertiary/aromatic N) is 1. The molecule has 0 aliphatic heterocycles. The van der Waals surface area contributed by atoms with E-state index < -0.39 is 7.60 Å². The van der Waals surface area contributed by atoms with E-state index in [1.54, 1.807) is 4.90 Å². The number of rotatable bonds is 7. The Morgan fingerprint density at radius 3 is 1.77 bits per heavy atom. The van der Waals surface area contributed by atoms with Crippen LogP contribution in [0.15, 0.2) is 0 Å². The third kappa shape index (κ3) is 8.36. The van der Waals surface area contributed by atoms with E-state index in [9.17, 15) is 4.57 Å². The summed E-state index contributed by atoms with van der Waals surface area (Å²) in [6.45, 7) is 0.662. The maximum Gasteiger partial charge on any atom is 0.326 e. The maximum absolute atomic E-state index is 10.5. The van der Waals surface area contributed by atoms with E-state index in [0.29, 0.717) is 13.1 Å². The smallest absolute Gasteiger partial charge is 0.326 e. The molecule has 0 bridgehead atoms. The van der Waals surface area contributed by atoms with Crippen LogP contribution in [0.3, 0.4) is 0 Å². The molecule has 0 aliphatic rings. The molecule has 0 aromatic carbocycles. The molecule has 0 aliphatic carbocycles. The minimum Gasteiger partial charge on any atom is -0.395 e. The topological polar surface area (TPSA) is 101 Å². The first-order valence-electron chi connectivity index (χ1n) is 3.98. The molecule has 0 spiro atoms. The number of hydrogen-bond donors (Lipinski definition) is 4. The van der Waals surface area contributed by atoms with Gasteiger partial charge in [0.15, 0.2) is 0 Å². The van der Waals surface area contributed by atoms with E-state index in [2.05, 4.69) is 0 Å². The van der Waals surface area contributed by atoms with Crippen LogP contribution in [-0.4, -0.2) is 63.9 Å². The molecule has 0 rings (SSSR count). The number of hydrogen-bond acceptors (Lipinski definition) is 4. The normalized spacial score (nSPS) is 12.4. The van der Waals surface area contributed by atoms with Crippen molar-refractivity contribution in [1.29, 1.82) is 0 Å². The Labute approximate surface area is 77.0 Å². The molecule has 0 radical (unpaired) electrons. The lowest BCUT2D eigenvalue weighted by Gasteiger charge is -2.19. The quantitative estimate of drug-likeness (QED) is 0.382. The zero-order valence-electron chi connectivity index (χ0n) is 7.33. The third-order valence-corrected chi connectivity index (χ3v) is 2.32. The second-order valence-corrected chi connectivity index (χ2v) is 4.45. The van der Waals surface area contributed by atoms with Gasteiger partial charge in [-0.3, -0.25) is 9.46 Å². The Balaban J connectivity index is 3.74. The van der Waals surface area contributed by atoms with Crippen LogP contribution in [0.5, 0.6) is 0 Å². The SMILES string of the molecule is O=P(O)(O)CCN(CCO)CCO. The van der Waals surface area contributed by atoms with Gasteiger partial charge in [-0.25, -0.2) is 0 Å². The fraction of sp³-hybridized carbons (Fsp3) is 1.00. The van der Waals surface area contributed by atoms with Gasteiger partial charge in [-0.15, -0.1) is 0 Å². The van der Waals surface area contributed by atoms with Gasteiger partial charge in [0.2, 0.25) is 0 Å². The molecule has 6 nitrogen and oxygen atoms in total. The summed E-state index contributed by atoms with van der Waals surface area (Å²) in [4.78, 5) is 18.7. The predicted molar refractivity (Wildman–Crippen MR) is 47.5 cm³/mol. The molecule has 13 heavy (non-hydrogen) atoms. The van der Waals surface area contributed by atoms with Crippen LogP contribution in [0.4, 0.5) is 0 Å². The fourth-order valence-electron chi connectivity index (χ4n) is 0.890. The second-order valence-electron chi connectivity index (χ2n) is 2.68. The summed E-state index contributed by atoms with van der Waals surface area (Å²) in [6.07, 6.45) is -0.243. The molecule has 0 saturated carbocycles. The first kappa shape index (κ1) is 13.0. The van der Waals surface area contributed by atoms with Gasteiger partial charge < -0.3 is 20.0 Å². The molecular formula is C6H16NO5P. The van der Waals surface area contributed by atoms with E-state index >= 15 is 0 Å². The van der Waals surface area contributed by atoms with Crippen molar-refractivity contribution >= 4 is 7.60 Å². The van der Waals surface area contributed by atoms with Crippen molar-refractivity contribution < 1.29 is 24.6 Å². The van der Waals surface area contributed by atoms with Crippen LogP contribution in [0, 0.1) is 0 Å². The summed E-state index contributed by atoms with van der Waals surface area (Å²) in [5.74, 6) is 0. The molecule has 7 heteroatoms. The molecule has 0 atom stereocenters. The summed E-state index contributed by atoms with van der Waals surface area (Å²) < 4.78 is 10.5. The van der Waals surface area contributed by atoms with Crippen LogP contribution < -0.4 is 0 Å². The molecule has 4 N–H and O–H groups in total. The first-order chi connectivity index (χ1) is 5.99. The van der Waals surface area contributed by atoms with Crippen LogP contribution in [0.25, 0.3) is 0 Å². The number of aliphatic hydroxyl groups excluding tert-OH is 2. The summed E-state index contributed by atoms with van der Waals surface area (Å²) >= 11 is 0. The summed E-state index contributed by atoms with van der Waals surface area (Å²) in [5.41, 5.74) is 0. The lowest BCUT2D eigenvalue weighted by atomic mass is 10.5. The molecule has 80 valence electrons. The highest BCUT2D eigenvalue weighted by Crippen LogP contribution is 2.33. The van der Waals surface area contributed by atoms with E-state index in [4.69, 9.17) is 20.0 Å².